The van der Waals surface area contributed by atoms with Gasteiger partial charge in [-0.2, -0.15) is 0 Å². The maximum absolute atomic E-state index is 13.1. The van der Waals surface area contributed by atoms with Gasteiger partial charge in [0.15, 0.2) is 6.61 Å². The van der Waals surface area contributed by atoms with Crippen molar-refractivity contribution in [2.75, 3.05) is 6.61 Å². The van der Waals surface area contributed by atoms with E-state index in [0.717, 1.165) is 26.3 Å². The van der Waals surface area contributed by atoms with E-state index in [1.165, 1.54) is 0 Å². The molecule has 3 N–H and O–H groups in total. The van der Waals surface area contributed by atoms with E-state index in [9.17, 15) is 14.7 Å². The van der Waals surface area contributed by atoms with Crippen LogP contribution in [-0.4, -0.2) is 28.0 Å². The Morgan fingerprint density at radius 3 is 2.53 bits per heavy atom. The smallest absolute Gasteiger partial charge is 0.341 e. The highest BCUT2D eigenvalue weighted by Gasteiger charge is 2.26. The van der Waals surface area contributed by atoms with Gasteiger partial charge in [0, 0.05) is 22.1 Å². The minimum atomic E-state index is -1.11. The first-order valence-electron chi connectivity index (χ1n) is 9.91. The molecule has 4 rings (SSSR count). The Kier molecular flexibility index (Phi) is 5.76. The number of hydrogen-bond donors (Lipinski definition) is 2. The van der Waals surface area contributed by atoms with Crippen molar-refractivity contribution in [1.29, 1.82) is 0 Å². The van der Waals surface area contributed by atoms with Crippen LogP contribution < -0.4 is 10.5 Å². The third-order valence-corrected chi connectivity index (χ3v) is 6.21. The summed E-state index contributed by atoms with van der Waals surface area (Å²) in [6.07, 6.45) is 0. The number of ether oxygens (including phenoxy) is 1. The van der Waals surface area contributed by atoms with Crippen molar-refractivity contribution >= 4 is 49.4 Å². The van der Waals surface area contributed by atoms with Gasteiger partial charge in [-0.25, -0.2) is 4.79 Å². The lowest BCUT2D eigenvalue weighted by atomic mass is 10.0. The van der Waals surface area contributed by atoms with Crippen molar-refractivity contribution in [2.45, 2.75) is 13.5 Å². The molecule has 0 spiro atoms. The first-order valence-corrected chi connectivity index (χ1v) is 10.7. The molecule has 0 aliphatic carbocycles. The molecule has 0 radical (unpaired) electrons. The Morgan fingerprint density at radius 1 is 1.16 bits per heavy atom. The average Bonchev–Trinajstić information content (AvgIpc) is 3.03. The number of aromatic nitrogens is 1. The predicted molar refractivity (Wildman–Crippen MR) is 128 cm³/mol. The molecule has 7 heteroatoms. The second-order valence-corrected chi connectivity index (χ2v) is 8.35. The fraction of sp³-hybridized carbons (Fsp3) is 0.120. The number of hydrogen-bond acceptors (Lipinski definition) is 4. The number of rotatable bonds is 7. The zero-order valence-electron chi connectivity index (χ0n) is 17.4. The molecule has 6 nitrogen and oxygen atoms in total. The highest BCUT2D eigenvalue weighted by molar-refractivity contribution is 9.10. The van der Waals surface area contributed by atoms with Crippen LogP contribution in [0.25, 0.3) is 21.7 Å². The maximum atomic E-state index is 13.1. The first kappa shape index (κ1) is 21.6. The number of Topliss-reactive ketones (excluding diaryl/α,β-unsaturated/α-hetero) is 1. The van der Waals surface area contributed by atoms with E-state index in [0.29, 0.717) is 28.9 Å². The van der Waals surface area contributed by atoms with Crippen LogP contribution in [-0.2, 0) is 11.3 Å². The normalized spacial score (nSPS) is 11.1. The number of aliphatic carboxylic acids is 1. The summed E-state index contributed by atoms with van der Waals surface area (Å²) >= 11 is 3.59. The summed E-state index contributed by atoms with van der Waals surface area (Å²) in [7, 11) is 0. The minimum Gasteiger partial charge on any atom is -0.481 e. The van der Waals surface area contributed by atoms with Crippen LogP contribution in [0.4, 0.5) is 0 Å². The van der Waals surface area contributed by atoms with Gasteiger partial charge >= 0.3 is 5.97 Å². The molecule has 0 atom stereocenters. The van der Waals surface area contributed by atoms with E-state index in [1.807, 2.05) is 66.1 Å². The fourth-order valence-corrected chi connectivity index (χ4v) is 4.38. The van der Waals surface area contributed by atoms with Gasteiger partial charge in [0.1, 0.15) is 5.75 Å². The topological polar surface area (TPSA) is 94.5 Å². The quantitative estimate of drug-likeness (QED) is 0.278. The summed E-state index contributed by atoms with van der Waals surface area (Å²) in [6.45, 7) is 5.43. The SMILES string of the molecule is C=C(N)C(=O)c1c(C)n(Cc2ccccc2Br)c2cc3ccccc3c(OCC(=O)O)c12. The van der Waals surface area contributed by atoms with Crippen molar-refractivity contribution in [2.24, 2.45) is 5.73 Å². The lowest BCUT2D eigenvalue weighted by Crippen LogP contribution is -2.13. The zero-order valence-corrected chi connectivity index (χ0v) is 19.0. The number of allylic oxidation sites excluding steroid dienone is 1. The highest BCUT2D eigenvalue weighted by Crippen LogP contribution is 2.41. The molecule has 3 aromatic carbocycles. The Hall–Kier alpha value is -3.58. The van der Waals surface area contributed by atoms with Gasteiger partial charge in [-0.1, -0.05) is 65.0 Å². The van der Waals surface area contributed by atoms with Crippen LogP contribution >= 0.6 is 15.9 Å². The summed E-state index contributed by atoms with van der Waals surface area (Å²) in [5.74, 6) is -1.17. The number of nitrogens with zero attached hydrogens (tertiary/aromatic N) is 1. The number of carboxylic acid groups (broad SMARTS) is 1. The molecule has 0 saturated heterocycles. The summed E-state index contributed by atoms with van der Waals surface area (Å²) < 4.78 is 8.73. The first-order chi connectivity index (χ1) is 15.3. The van der Waals surface area contributed by atoms with Crippen LogP contribution in [0.5, 0.6) is 5.75 Å². The van der Waals surface area contributed by atoms with E-state index in [2.05, 4.69) is 22.5 Å². The van der Waals surface area contributed by atoms with Crippen molar-refractivity contribution in [3.63, 3.8) is 0 Å². The number of ketones is 1. The summed E-state index contributed by atoms with van der Waals surface area (Å²) in [4.78, 5) is 24.4. The van der Waals surface area contributed by atoms with Crippen LogP contribution in [0.1, 0.15) is 21.6 Å². The number of carbonyl (C=O) groups is 2. The minimum absolute atomic E-state index is 0.0922. The molecule has 0 saturated carbocycles. The zero-order chi connectivity index (χ0) is 23.0. The molecule has 4 aromatic rings. The van der Waals surface area contributed by atoms with Crippen LogP contribution in [0, 0.1) is 6.92 Å². The van der Waals surface area contributed by atoms with Gasteiger partial charge < -0.3 is 20.1 Å². The number of benzene rings is 3. The Balaban J connectivity index is 2.10. The summed E-state index contributed by atoms with van der Waals surface area (Å²) in [6, 6.07) is 17.3. The molecule has 162 valence electrons. The molecular formula is C25H21BrN2O4. The Morgan fingerprint density at radius 2 is 1.84 bits per heavy atom. The predicted octanol–water partition coefficient (Wildman–Crippen LogP) is 5.03. The Bertz CT molecular complexity index is 1400. The number of halogens is 1. The van der Waals surface area contributed by atoms with Crippen molar-refractivity contribution in [3.8, 4) is 5.75 Å². The number of fused-ring (bicyclic) bond motifs is 2. The van der Waals surface area contributed by atoms with Crippen LogP contribution in [0.2, 0.25) is 0 Å². The number of carbonyl (C=O) groups excluding carboxylic acids is 1. The van der Waals surface area contributed by atoms with Gasteiger partial charge in [-0.05, 0) is 30.0 Å². The standard InChI is InChI=1S/C25H21BrN2O4/c1-14(27)24(31)22-15(2)28(12-17-8-4-6-10-19(17)26)20-11-16-7-3-5-9-18(16)25(23(20)22)32-13-21(29)30/h3-11H,1,12-13,27H2,2H3,(H,29,30). The lowest BCUT2D eigenvalue weighted by Gasteiger charge is -2.13. The summed E-state index contributed by atoms with van der Waals surface area (Å²) in [5, 5.41) is 11.4. The Labute approximate surface area is 193 Å². The lowest BCUT2D eigenvalue weighted by molar-refractivity contribution is -0.139. The van der Waals surface area contributed by atoms with Crippen molar-refractivity contribution < 1.29 is 19.4 Å². The molecule has 0 amide bonds. The average molecular weight is 493 g/mol. The number of carboxylic acids is 1. The number of nitrogens with two attached hydrogens (primary N) is 1. The monoisotopic (exact) mass is 492 g/mol. The van der Waals surface area contributed by atoms with Gasteiger partial charge in [-0.3, -0.25) is 4.79 Å². The molecule has 0 fully saturated rings. The van der Waals surface area contributed by atoms with Crippen molar-refractivity contribution in [3.05, 3.63) is 88.2 Å². The third-order valence-electron chi connectivity index (χ3n) is 5.43. The van der Waals surface area contributed by atoms with E-state index >= 15 is 0 Å². The van der Waals surface area contributed by atoms with Crippen molar-refractivity contribution in [1.82, 2.24) is 4.57 Å². The third kappa shape index (κ3) is 3.76. The largest absolute Gasteiger partial charge is 0.481 e. The van der Waals surface area contributed by atoms with Crippen LogP contribution in [0.15, 0.2) is 71.3 Å². The molecule has 0 unspecified atom stereocenters. The van der Waals surface area contributed by atoms with E-state index in [-0.39, 0.29) is 5.70 Å². The fourth-order valence-electron chi connectivity index (χ4n) is 3.97. The second-order valence-electron chi connectivity index (χ2n) is 7.50. The second kappa shape index (κ2) is 8.51. The van der Waals surface area contributed by atoms with E-state index in [4.69, 9.17) is 10.5 Å². The molecule has 1 heterocycles. The summed E-state index contributed by atoms with van der Waals surface area (Å²) in [5.41, 5.74) is 8.55. The van der Waals surface area contributed by atoms with Gasteiger partial charge in [0.25, 0.3) is 0 Å². The molecule has 0 bridgehead atoms. The maximum Gasteiger partial charge on any atom is 0.341 e. The van der Waals surface area contributed by atoms with Gasteiger partial charge in [0.2, 0.25) is 5.78 Å². The van der Waals surface area contributed by atoms with E-state index in [1.54, 1.807) is 0 Å². The highest BCUT2D eigenvalue weighted by atomic mass is 79.9. The van der Waals surface area contributed by atoms with E-state index < -0.39 is 18.4 Å². The van der Waals surface area contributed by atoms with Gasteiger partial charge in [-0.15, -0.1) is 0 Å². The van der Waals surface area contributed by atoms with Gasteiger partial charge in [0.05, 0.1) is 22.2 Å². The molecule has 32 heavy (non-hydrogen) atoms. The molecule has 0 aliphatic rings. The molecular weight excluding hydrogens is 472 g/mol. The molecule has 1 aromatic heterocycles. The molecule has 0 aliphatic heterocycles. The van der Waals surface area contributed by atoms with Crippen LogP contribution in [0.3, 0.4) is 0 Å².